The molecule has 8 nitrogen and oxygen atoms in total. The van der Waals surface area contributed by atoms with Gasteiger partial charge in [0.05, 0.1) is 24.6 Å². The number of likely N-dealkylation sites (N-methyl/N-ethyl adjacent to an activating group) is 1. The Labute approximate surface area is 175 Å². The van der Waals surface area contributed by atoms with Gasteiger partial charge in [-0.3, -0.25) is 9.69 Å². The Morgan fingerprint density at radius 1 is 1.20 bits per heavy atom. The SMILES string of the molecule is CCCCc1ncc(C=C2NC(=O)N(CC)C2=O)n1Cc1ccc(C(=O)OC)cc1. The first-order valence-electron chi connectivity index (χ1n) is 10.0. The fraction of sp³-hybridized carbons (Fsp3) is 0.364. The largest absolute Gasteiger partial charge is 0.465 e. The number of rotatable bonds is 8. The van der Waals surface area contributed by atoms with E-state index in [0.29, 0.717) is 18.7 Å². The van der Waals surface area contributed by atoms with E-state index < -0.39 is 6.03 Å². The molecule has 0 bridgehead atoms. The monoisotopic (exact) mass is 410 g/mol. The molecule has 0 unspecified atom stereocenters. The molecule has 1 fully saturated rings. The summed E-state index contributed by atoms with van der Waals surface area (Å²) in [5, 5.41) is 2.63. The zero-order chi connectivity index (χ0) is 21.7. The van der Waals surface area contributed by atoms with Gasteiger partial charge in [-0.25, -0.2) is 14.6 Å². The molecule has 1 N–H and O–H groups in total. The number of methoxy groups -OCH3 is 1. The molecule has 2 aromatic rings. The van der Waals surface area contributed by atoms with Gasteiger partial charge in [0.1, 0.15) is 11.5 Å². The summed E-state index contributed by atoms with van der Waals surface area (Å²) in [7, 11) is 1.35. The highest BCUT2D eigenvalue weighted by atomic mass is 16.5. The number of carbonyl (C=O) groups is 3. The van der Waals surface area contributed by atoms with E-state index in [-0.39, 0.29) is 17.6 Å². The first kappa shape index (κ1) is 21.3. The highest BCUT2D eigenvalue weighted by Crippen LogP contribution is 2.18. The lowest BCUT2D eigenvalue weighted by molar-refractivity contribution is -0.122. The van der Waals surface area contributed by atoms with Crippen LogP contribution >= 0.6 is 0 Å². The summed E-state index contributed by atoms with van der Waals surface area (Å²) in [6.07, 6.45) is 6.22. The van der Waals surface area contributed by atoms with Gasteiger partial charge in [-0.05, 0) is 37.1 Å². The fourth-order valence-electron chi connectivity index (χ4n) is 3.31. The maximum Gasteiger partial charge on any atom is 0.337 e. The van der Waals surface area contributed by atoms with Crippen molar-refractivity contribution < 1.29 is 19.1 Å². The number of ether oxygens (including phenoxy) is 1. The molecule has 0 atom stereocenters. The van der Waals surface area contributed by atoms with Gasteiger partial charge in [0, 0.05) is 19.5 Å². The molecule has 2 heterocycles. The second-order valence-corrected chi connectivity index (χ2v) is 7.02. The standard InChI is InChI=1S/C22H26N4O4/c1-4-6-7-19-23-13-17(12-18-20(27)25(5-2)22(29)24-18)26(19)14-15-8-10-16(11-9-15)21(28)30-3/h8-13H,4-7,14H2,1-3H3,(H,24,29). The first-order valence-corrected chi connectivity index (χ1v) is 10.0. The van der Waals surface area contributed by atoms with Gasteiger partial charge in [-0.2, -0.15) is 0 Å². The van der Waals surface area contributed by atoms with E-state index in [0.717, 1.165) is 41.2 Å². The molecule has 1 saturated heterocycles. The van der Waals surface area contributed by atoms with Crippen molar-refractivity contribution in [1.29, 1.82) is 0 Å². The maximum atomic E-state index is 12.4. The summed E-state index contributed by atoms with van der Waals surface area (Å²) in [6.45, 7) is 4.72. The van der Waals surface area contributed by atoms with E-state index in [1.165, 1.54) is 7.11 Å². The van der Waals surface area contributed by atoms with E-state index in [1.807, 2.05) is 16.7 Å². The van der Waals surface area contributed by atoms with Crippen LogP contribution in [0.3, 0.4) is 0 Å². The Hall–Kier alpha value is -3.42. The zero-order valence-electron chi connectivity index (χ0n) is 17.5. The third kappa shape index (κ3) is 4.42. The summed E-state index contributed by atoms with van der Waals surface area (Å²) in [5.74, 6) is 0.187. The number of hydrogen-bond acceptors (Lipinski definition) is 5. The first-order chi connectivity index (χ1) is 14.5. The van der Waals surface area contributed by atoms with Gasteiger partial charge < -0.3 is 14.6 Å². The zero-order valence-corrected chi connectivity index (χ0v) is 17.5. The minimum Gasteiger partial charge on any atom is -0.465 e. The second kappa shape index (κ2) is 9.39. The van der Waals surface area contributed by atoms with E-state index in [2.05, 4.69) is 17.2 Å². The van der Waals surface area contributed by atoms with Gasteiger partial charge >= 0.3 is 12.0 Å². The third-order valence-electron chi connectivity index (χ3n) is 5.01. The second-order valence-electron chi connectivity index (χ2n) is 7.02. The molecule has 0 radical (unpaired) electrons. The van der Waals surface area contributed by atoms with Crippen molar-refractivity contribution >= 4 is 24.0 Å². The van der Waals surface area contributed by atoms with Crippen molar-refractivity contribution in [3.05, 3.63) is 58.8 Å². The molecular weight excluding hydrogens is 384 g/mol. The van der Waals surface area contributed by atoms with Gasteiger partial charge in [-0.15, -0.1) is 0 Å². The summed E-state index contributed by atoms with van der Waals surface area (Å²) in [5.41, 5.74) is 2.44. The predicted molar refractivity (Wildman–Crippen MR) is 112 cm³/mol. The Morgan fingerprint density at radius 3 is 2.53 bits per heavy atom. The Morgan fingerprint density at radius 2 is 1.93 bits per heavy atom. The van der Waals surface area contributed by atoms with Crippen LogP contribution in [0.15, 0.2) is 36.2 Å². The number of benzene rings is 1. The smallest absolute Gasteiger partial charge is 0.337 e. The summed E-state index contributed by atoms with van der Waals surface area (Å²) in [6, 6.07) is 6.77. The van der Waals surface area contributed by atoms with Crippen molar-refractivity contribution in [2.45, 2.75) is 39.7 Å². The van der Waals surface area contributed by atoms with Gasteiger partial charge in [0.15, 0.2) is 0 Å². The Kier molecular flexibility index (Phi) is 6.66. The number of amides is 3. The molecule has 1 aromatic carbocycles. The van der Waals surface area contributed by atoms with E-state index >= 15 is 0 Å². The molecule has 0 saturated carbocycles. The molecule has 8 heteroatoms. The summed E-state index contributed by atoms with van der Waals surface area (Å²) >= 11 is 0. The quantitative estimate of drug-likeness (QED) is 0.410. The topological polar surface area (TPSA) is 93.5 Å². The number of nitrogens with one attached hydrogen (secondary N) is 1. The highest BCUT2D eigenvalue weighted by Gasteiger charge is 2.32. The number of aromatic nitrogens is 2. The van der Waals surface area contributed by atoms with E-state index in [1.54, 1.807) is 31.3 Å². The number of aryl methyl sites for hydroxylation is 1. The number of imidazole rings is 1. The number of urea groups is 1. The molecule has 0 spiro atoms. The van der Waals surface area contributed by atoms with Crippen molar-refractivity contribution in [2.24, 2.45) is 0 Å². The van der Waals surface area contributed by atoms with Crippen molar-refractivity contribution in [1.82, 2.24) is 19.8 Å². The number of nitrogens with zero attached hydrogens (tertiary/aromatic N) is 3. The lowest BCUT2D eigenvalue weighted by Gasteiger charge is -2.11. The molecule has 3 rings (SSSR count). The summed E-state index contributed by atoms with van der Waals surface area (Å²) in [4.78, 5) is 41.7. The van der Waals surface area contributed by atoms with E-state index in [4.69, 9.17) is 4.74 Å². The van der Waals surface area contributed by atoms with Crippen molar-refractivity contribution in [3.8, 4) is 0 Å². The molecule has 1 aromatic heterocycles. The Bertz CT molecular complexity index is 976. The molecule has 30 heavy (non-hydrogen) atoms. The number of hydrogen-bond donors (Lipinski definition) is 1. The summed E-state index contributed by atoms with van der Waals surface area (Å²) < 4.78 is 6.77. The van der Waals surface area contributed by atoms with Crippen LogP contribution in [0.5, 0.6) is 0 Å². The van der Waals surface area contributed by atoms with E-state index in [9.17, 15) is 14.4 Å². The number of imide groups is 1. The van der Waals surface area contributed by atoms with Crippen LogP contribution in [0.4, 0.5) is 4.79 Å². The van der Waals surface area contributed by atoms with Crippen molar-refractivity contribution in [3.63, 3.8) is 0 Å². The van der Waals surface area contributed by atoms with Crippen LogP contribution < -0.4 is 5.32 Å². The van der Waals surface area contributed by atoms with Gasteiger partial charge in [0.25, 0.3) is 5.91 Å². The molecule has 0 aliphatic carbocycles. The van der Waals surface area contributed by atoms with Crippen LogP contribution in [0.1, 0.15) is 54.1 Å². The van der Waals surface area contributed by atoms with Crippen LogP contribution in [-0.4, -0.2) is 46.0 Å². The minimum absolute atomic E-state index is 0.242. The van der Waals surface area contributed by atoms with Gasteiger partial charge in [0.2, 0.25) is 0 Å². The molecule has 3 amide bonds. The third-order valence-corrected chi connectivity index (χ3v) is 5.01. The highest BCUT2D eigenvalue weighted by molar-refractivity contribution is 6.13. The Balaban J connectivity index is 1.91. The molecule has 1 aliphatic rings. The van der Waals surface area contributed by atoms with Crippen LogP contribution in [0.25, 0.3) is 6.08 Å². The lowest BCUT2D eigenvalue weighted by Crippen LogP contribution is -2.30. The number of carbonyl (C=O) groups excluding carboxylic acids is 3. The molecular formula is C22H26N4O4. The molecule has 1 aliphatic heterocycles. The van der Waals surface area contributed by atoms with Crippen LogP contribution in [0.2, 0.25) is 0 Å². The maximum absolute atomic E-state index is 12.4. The number of unbranched alkanes of at least 4 members (excludes halogenated alkanes) is 1. The fourth-order valence-corrected chi connectivity index (χ4v) is 3.31. The van der Waals surface area contributed by atoms with Gasteiger partial charge in [-0.1, -0.05) is 25.5 Å². The average molecular weight is 410 g/mol. The molecule has 158 valence electrons. The lowest BCUT2D eigenvalue weighted by atomic mass is 10.1. The minimum atomic E-state index is -0.413. The van der Waals surface area contributed by atoms with Crippen molar-refractivity contribution in [2.75, 3.05) is 13.7 Å². The van der Waals surface area contributed by atoms with Crippen LogP contribution in [-0.2, 0) is 22.5 Å². The normalized spacial score (nSPS) is 15.0. The predicted octanol–water partition coefficient (Wildman–Crippen LogP) is 2.97. The average Bonchev–Trinajstić information content (AvgIpc) is 3.25. The number of esters is 1. The van der Waals surface area contributed by atoms with Crippen LogP contribution in [0, 0.1) is 0 Å².